The van der Waals surface area contributed by atoms with Crippen molar-refractivity contribution in [1.82, 2.24) is 15.4 Å². The van der Waals surface area contributed by atoms with Gasteiger partial charge in [0.25, 0.3) is 0 Å². The van der Waals surface area contributed by atoms with Gasteiger partial charge in [-0.05, 0) is 51.7 Å². The molecule has 2 fully saturated rings. The minimum Gasteiger partial charge on any atom is -0.377 e. The number of carbonyl (C=O) groups is 1. The minimum absolute atomic E-state index is 0.0246. The van der Waals surface area contributed by atoms with Crippen LogP contribution in [0.25, 0.3) is 0 Å². The van der Waals surface area contributed by atoms with Gasteiger partial charge >= 0.3 is 0 Å². The quantitative estimate of drug-likeness (QED) is 0.852. The standard InChI is InChI=1S/C19H31N3O3/c1-4-16-15(17(5-2)25-21-16)12-20-19(23)14-8-11-24-18(14)13-6-9-22(3)10-7-13/h13-14,18H,4-12H2,1-3H3,(H,20,23)/t14-,18+/m0/s1. The Morgan fingerprint density at radius 1 is 1.24 bits per heavy atom. The Morgan fingerprint density at radius 2 is 2.00 bits per heavy atom. The highest BCUT2D eigenvalue weighted by atomic mass is 16.5. The molecule has 2 aliphatic heterocycles. The predicted octanol–water partition coefficient (Wildman–Crippen LogP) is 2.16. The Kier molecular flexibility index (Phi) is 6.12. The number of hydrogen-bond acceptors (Lipinski definition) is 5. The van der Waals surface area contributed by atoms with Gasteiger partial charge in [0.1, 0.15) is 5.76 Å². The van der Waals surface area contributed by atoms with Crippen LogP contribution in [0.2, 0.25) is 0 Å². The zero-order valence-corrected chi connectivity index (χ0v) is 15.7. The molecule has 1 N–H and O–H groups in total. The third kappa shape index (κ3) is 4.06. The van der Waals surface area contributed by atoms with Crippen LogP contribution in [-0.2, 0) is 28.9 Å². The summed E-state index contributed by atoms with van der Waals surface area (Å²) in [7, 11) is 2.16. The molecule has 0 spiro atoms. The monoisotopic (exact) mass is 349 g/mol. The van der Waals surface area contributed by atoms with E-state index < -0.39 is 0 Å². The highest BCUT2D eigenvalue weighted by molar-refractivity contribution is 5.79. The van der Waals surface area contributed by atoms with E-state index in [9.17, 15) is 4.79 Å². The molecule has 0 unspecified atom stereocenters. The van der Waals surface area contributed by atoms with Gasteiger partial charge in [-0.15, -0.1) is 0 Å². The van der Waals surface area contributed by atoms with Crippen molar-refractivity contribution in [2.45, 2.75) is 58.6 Å². The molecule has 1 amide bonds. The van der Waals surface area contributed by atoms with Crippen molar-refractivity contribution in [2.24, 2.45) is 11.8 Å². The first-order valence-corrected chi connectivity index (χ1v) is 9.68. The Morgan fingerprint density at radius 3 is 2.68 bits per heavy atom. The van der Waals surface area contributed by atoms with Crippen LogP contribution in [-0.4, -0.2) is 48.8 Å². The molecule has 0 saturated carbocycles. The topological polar surface area (TPSA) is 67.6 Å². The van der Waals surface area contributed by atoms with Gasteiger partial charge in [0.2, 0.25) is 5.91 Å². The molecular formula is C19H31N3O3. The zero-order chi connectivity index (χ0) is 17.8. The summed E-state index contributed by atoms with van der Waals surface area (Å²) in [6.07, 6.45) is 4.76. The molecule has 6 heteroatoms. The van der Waals surface area contributed by atoms with Gasteiger partial charge < -0.3 is 19.5 Å². The van der Waals surface area contributed by atoms with Crippen molar-refractivity contribution in [3.8, 4) is 0 Å². The van der Waals surface area contributed by atoms with Crippen molar-refractivity contribution in [3.05, 3.63) is 17.0 Å². The van der Waals surface area contributed by atoms with Crippen molar-refractivity contribution in [3.63, 3.8) is 0 Å². The summed E-state index contributed by atoms with van der Waals surface area (Å²) in [6, 6.07) is 0. The number of aromatic nitrogens is 1. The van der Waals surface area contributed by atoms with Crippen LogP contribution in [0.3, 0.4) is 0 Å². The van der Waals surface area contributed by atoms with Crippen LogP contribution in [0, 0.1) is 11.8 Å². The molecule has 6 nitrogen and oxygen atoms in total. The minimum atomic E-state index is -0.0246. The lowest BCUT2D eigenvalue weighted by molar-refractivity contribution is -0.128. The Balaban J connectivity index is 1.60. The molecule has 3 rings (SSSR count). The molecule has 2 atom stereocenters. The van der Waals surface area contributed by atoms with E-state index in [2.05, 4.69) is 29.3 Å². The third-order valence-corrected chi connectivity index (χ3v) is 5.75. The summed E-state index contributed by atoms with van der Waals surface area (Å²) in [4.78, 5) is 15.2. The lowest BCUT2D eigenvalue weighted by Gasteiger charge is -2.34. The molecule has 1 aromatic rings. The Labute approximate surface area is 150 Å². The van der Waals surface area contributed by atoms with E-state index >= 15 is 0 Å². The summed E-state index contributed by atoms with van der Waals surface area (Å²) in [5.41, 5.74) is 2.00. The molecule has 140 valence electrons. The first-order valence-electron chi connectivity index (χ1n) is 9.68. The van der Waals surface area contributed by atoms with Crippen LogP contribution >= 0.6 is 0 Å². The number of amides is 1. The molecule has 2 saturated heterocycles. The van der Waals surface area contributed by atoms with Gasteiger partial charge in [0.15, 0.2) is 0 Å². The van der Waals surface area contributed by atoms with E-state index in [4.69, 9.17) is 9.26 Å². The van der Waals surface area contributed by atoms with E-state index in [0.29, 0.717) is 19.1 Å². The normalized spacial score (nSPS) is 25.4. The van der Waals surface area contributed by atoms with Gasteiger partial charge in [0.05, 0.1) is 17.7 Å². The van der Waals surface area contributed by atoms with E-state index in [-0.39, 0.29) is 17.9 Å². The van der Waals surface area contributed by atoms with E-state index in [1.54, 1.807) is 0 Å². The summed E-state index contributed by atoms with van der Waals surface area (Å²) < 4.78 is 11.4. The zero-order valence-electron chi connectivity index (χ0n) is 15.7. The van der Waals surface area contributed by atoms with E-state index in [1.165, 1.54) is 0 Å². The number of nitrogens with one attached hydrogen (secondary N) is 1. The van der Waals surface area contributed by atoms with Crippen LogP contribution in [0.15, 0.2) is 4.52 Å². The summed E-state index contributed by atoms with van der Waals surface area (Å²) in [6.45, 7) is 7.50. The number of ether oxygens (including phenoxy) is 1. The highest BCUT2D eigenvalue weighted by Crippen LogP contribution is 2.33. The lowest BCUT2D eigenvalue weighted by atomic mass is 9.84. The molecule has 3 heterocycles. The van der Waals surface area contributed by atoms with Crippen LogP contribution < -0.4 is 5.32 Å². The highest BCUT2D eigenvalue weighted by Gasteiger charge is 2.40. The van der Waals surface area contributed by atoms with Crippen LogP contribution in [0.4, 0.5) is 0 Å². The maximum absolute atomic E-state index is 12.8. The maximum Gasteiger partial charge on any atom is 0.226 e. The molecular weight excluding hydrogens is 318 g/mol. The molecule has 1 aromatic heterocycles. The average molecular weight is 349 g/mol. The Bertz CT molecular complexity index is 557. The Hall–Kier alpha value is -1.40. The van der Waals surface area contributed by atoms with E-state index in [1.807, 2.05) is 6.92 Å². The second kappa shape index (κ2) is 8.32. The first kappa shape index (κ1) is 18.4. The van der Waals surface area contributed by atoms with Gasteiger partial charge in [-0.1, -0.05) is 19.0 Å². The average Bonchev–Trinajstić information content (AvgIpc) is 3.26. The number of piperidine rings is 1. The van der Waals surface area contributed by atoms with Gasteiger partial charge in [0, 0.05) is 25.1 Å². The number of hydrogen-bond donors (Lipinski definition) is 1. The molecule has 2 aliphatic rings. The van der Waals surface area contributed by atoms with Crippen molar-refractivity contribution >= 4 is 5.91 Å². The fourth-order valence-corrected chi connectivity index (χ4v) is 4.16. The largest absolute Gasteiger partial charge is 0.377 e. The number of carbonyl (C=O) groups excluding carboxylic acids is 1. The number of aryl methyl sites for hydroxylation is 2. The second-order valence-electron chi connectivity index (χ2n) is 7.33. The molecule has 0 bridgehead atoms. The SMILES string of the molecule is CCc1noc(CC)c1CNC(=O)[C@H]1CCO[C@@H]1C1CCN(C)CC1. The van der Waals surface area contributed by atoms with Crippen molar-refractivity contribution in [2.75, 3.05) is 26.7 Å². The van der Waals surface area contributed by atoms with Gasteiger partial charge in [-0.2, -0.15) is 0 Å². The fraction of sp³-hybridized carbons (Fsp3) is 0.789. The fourth-order valence-electron chi connectivity index (χ4n) is 4.16. The van der Waals surface area contributed by atoms with Crippen LogP contribution in [0.5, 0.6) is 0 Å². The predicted molar refractivity (Wildman–Crippen MR) is 95.2 cm³/mol. The van der Waals surface area contributed by atoms with Crippen molar-refractivity contribution in [1.29, 1.82) is 0 Å². The number of nitrogens with zero attached hydrogens (tertiary/aromatic N) is 2. The smallest absolute Gasteiger partial charge is 0.226 e. The van der Waals surface area contributed by atoms with Crippen LogP contribution in [0.1, 0.15) is 50.1 Å². The summed E-state index contributed by atoms with van der Waals surface area (Å²) >= 11 is 0. The first-order chi connectivity index (χ1) is 12.1. The molecule has 0 aliphatic carbocycles. The van der Waals surface area contributed by atoms with Gasteiger partial charge in [-0.25, -0.2) is 0 Å². The third-order valence-electron chi connectivity index (χ3n) is 5.75. The molecule has 0 aromatic carbocycles. The second-order valence-corrected chi connectivity index (χ2v) is 7.33. The van der Waals surface area contributed by atoms with Crippen molar-refractivity contribution < 1.29 is 14.1 Å². The summed E-state index contributed by atoms with van der Waals surface area (Å²) in [5, 5.41) is 7.25. The summed E-state index contributed by atoms with van der Waals surface area (Å²) in [5.74, 6) is 1.48. The molecule has 0 radical (unpaired) electrons. The molecule has 25 heavy (non-hydrogen) atoms. The lowest BCUT2D eigenvalue weighted by Crippen LogP contribution is -2.42. The number of likely N-dealkylation sites (tertiary alicyclic amines) is 1. The van der Waals surface area contributed by atoms with E-state index in [0.717, 1.165) is 62.2 Å². The number of rotatable bonds is 6. The maximum atomic E-state index is 12.8. The van der Waals surface area contributed by atoms with Gasteiger partial charge in [-0.3, -0.25) is 4.79 Å².